The third-order valence-electron chi connectivity index (χ3n) is 6.55. The predicted molar refractivity (Wildman–Crippen MR) is 133 cm³/mol. The lowest BCUT2D eigenvalue weighted by atomic mass is 9.93. The minimum atomic E-state index is -3.10. The molecule has 182 valence electrons. The van der Waals surface area contributed by atoms with Crippen molar-refractivity contribution in [2.24, 2.45) is 5.92 Å². The van der Waals surface area contributed by atoms with Gasteiger partial charge >= 0.3 is 0 Å². The Morgan fingerprint density at radius 2 is 1.76 bits per heavy atom. The third-order valence-corrected chi connectivity index (χ3v) is 10.4. The van der Waals surface area contributed by atoms with E-state index in [0.717, 1.165) is 52.9 Å². The summed E-state index contributed by atoms with van der Waals surface area (Å²) in [5.41, 5.74) is 3.21. The molecule has 8 nitrogen and oxygen atoms in total. The van der Waals surface area contributed by atoms with Gasteiger partial charge in [-0.2, -0.15) is 0 Å². The molecule has 2 fully saturated rings. The second-order valence-corrected chi connectivity index (χ2v) is 13.1. The first kappa shape index (κ1) is 23.7. The summed E-state index contributed by atoms with van der Waals surface area (Å²) in [6, 6.07) is 11.2. The van der Waals surface area contributed by atoms with Crippen LogP contribution in [0.15, 0.2) is 36.4 Å². The highest BCUT2D eigenvalue weighted by atomic mass is 32.2. The van der Waals surface area contributed by atoms with Gasteiger partial charge in [0.2, 0.25) is 10.0 Å². The summed E-state index contributed by atoms with van der Waals surface area (Å²) in [6.07, 6.45) is 3.11. The lowest BCUT2D eigenvalue weighted by Crippen LogP contribution is -2.43. The van der Waals surface area contributed by atoms with Crippen LogP contribution in [-0.4, -0.2) is 55.6 Å². The number of fused-ring (bicyclic) bond motifs is 1. The lowest BCUT2D eigenvalue weighted by molar-refractivity contribution is 0.111. The number of hydrogen-bond acceptors (Lipinski definition) is 8. The molecular formula is C23H27N3O5S3. The summed E-state index contributed by atoms with van der Waals surface area (Å²) in [4.78, 5) is 10.1. The molecule has 5 rings (SSSR count). The molecule has 11 heteroatoms. The number of nitrogens with zero attached hydrogens (tertiary/aromatic N) is 3. The van der Waals surface area contributed by atoms with Gasteiger partial charge in [-0.3, -0.25) is 0 Å². The largest absolute Gasteiger partial charge is 0.467 e. The first-order valence-corrected chi connectivity index (χ1v) is 15.1. The minimum Gasteiger partial charge on any atom is -0.467 e. The smallest absolute Gasteiger partial charge is 0.276 e. The van der Waals surface area contributed by atoms with E-state index in [1.54, 1.807) is 16.4 Å². The molecule has 0 spiro atoms. The van der Waals surface area contributed by atoms with E-state index in [-0.39, 0.29) is 23.0 Å². The topological polar surface area (TPSA) is 107 Å². The number of hydrogen-bond donors (Lipinski definition) is 1. The number of rotatable bonds is 8. The van der Waals surface area contributed by atoms with Crippen molar-refractivity contribution in [3.05, 3.63) is 42.0 Å². The number of ether oxygens (including phenoxy) is 1. The van der Waals surface area contributed by atoms with Crippen LogP contribution in [0.4, 0.5) is 0 Å². The number of piperidine rings is 1. The van der Waals surface area contributed by atoms with Crippen molar-refractivity contribution in [3.8, 4) is 16.5 Å². The van der Waals surface area contributed by atoms with E-state index < -0.39 is 20.7 Å². The molecule has 0 N–H and O–H groups in total. The minimum absolute atomic E-state index is 0.0329. The SMILES string of the molecule is CC(Oc1nc2ccc(-c3ccc(C[SH](=O)=O)cc3)nc2s1)C1CCN(S(=O)(=O)C2CC2)CC1. The summed E-state index contributed by atoms with van der Waals surface area (Å²) in [7, 11) is -5.55. The van der Waals surface area contributed by atoms with Crippen LogP contribution in [-0.2, 0) is 26.5 Å². The number of aromatic nitrogens is 2. The van der Waals surface area contributed by atoms with Gasteiger partial charge in [-0.25, -0.2) is 31.1 Å². The molecule has 1 aliphatic carbocycles. The molecule has 34 heavy (non-hydrogen) atoms. The van der Waals surface area contributed by atoms with Crippen molar-refractivity contribution in [1.82, 2.24) is 14.3 Å². The van der Waals surface area contributed by atoms with E-state index in [9.17, 15) is 16.8 Å². The Hall–Kier alpha value is -2.08. The van der Waals surface area contributed by atoms with Crippen LogP contribution in [0.2, 0.25) is 0 Å². The molecule has 1 aliphatic heterocycles. The maximum atomic E-state index is 12.5. The molecule has 1 saturated heterocycles. The zero-order valence-corrected chi connectivity index (χ0v) is 21.3. The Morgan fingerprint density at radius 3 is 2.41 bits per heavy atom. The molecule has 2 aromatic heterocycles. The van der Waals surface area contributed by atoms with Crippen LogP contribution in [0, 0.1) is 5.92 Å². The maximum absolute atomic E-state index is 12.5. The van der Waals surface area contributed by atoms with Crippen molar-refractivity contribution in [2.75, 3.05) is 13.1 Å². The van der Waals surface area contributed by atoms with Gasteiger partial charge in [0.25, 0.3) is 5.19 Å². The molecule has 3 heterocycles. The molecule has 1 saturated carbocycles. The van der Waals surface area contributed by atoms with Crippen LogP contribution in [0.5, 0.6) is 5.19 Å². The Kier molecular flexibility index (Phi) is 6.62. The molecule has 0 amide bonds. The summed E-state index contributed by atoms with van der Waals surface area (Å²) >= 11 is 1.40. The molecule has 1 aromatic carbocycles. The maximum Gasteiger partial charge on any atom is 0.276 e. The van der Waals surface area contributed by atoms with Gasteiger partial charge in [-0.1, -0.05) is 35.6 Å². The summed E-state index contributed by atoms with van der Waals surface area (Å²) in [5, 5.41) is 0.411. The zero-order chi connectivity index (χ0) is 23.9. The van der Waals surface area contributed by atoms with Gasteiger partial charge < -0.3 is 4.74 Å². The highest BCUT2D eigenvalue weighted by Gasteiger charge is 2.41. The van der Waals surface area contributed by atoms with Gasteiger partial charge in [0.1, 0.15) is 27.2 Å². The summed E-state index contributed by atoms with van der Waals surface area (Å²) < 4.78 is 54.6. The monoisotopic (exact) mass is 521 g/mol. The van der Waals surface area contributed by atoms with Crippen LogP contribution in [0.1, 0.15) is 38.2 Å². The second kappa shape index (κ2) is 9.52. The van der Waals surface area contributed by atoms with Crippen molar-refractivity contribution in [1.29, 1.82) is 0 Å². The van der Waals surface area contributed by atoms with E-state index in [1.165, 1.54) is 11.3 Å². The third kappa shape index (κ3) is 5.12. The average molecular weight is 522 g/mol. The molecular weight excluding hydrogens is 494 g/mol. The molecule has 1 unspecified atom stereocenters. The summed E-state index contributed by atoms with van der Waals surface area (Å²) in [6.45, 7) is 3.15. The molecule has 0 bridgehead atoms. The van der Waals surface area contributed by atoms with E-state index in [1.807, 2.05) is 31.2 Å². The van der Waals surface area contributed by atoms with E-state index in [4.69, 9.17) is 9.72 Å². The van der Waals surface area contributed by atoms with Gasteiger partial charge in [-0.05, 0) is 56.2 Å². The number of thiazole rings is 1. The molecule has 2 aliphatic rings. The Bertz CT molecular complexity index is 1350. The van der Waals surface area contributed by atoms with Crippen molar-refractivity contribution in [3.63, 3.8) is 0 Å². The molecule has 1 atom stereocenters. The van der Waals surface area contributed by atoms with E-state index >= 15 is 0 Å². The van der Waals surface area contributed by atoms with Crippen molar-refractivity contribution in [2.45, 2.75) is 49.7 Å². The lowest BCUT2D eigenvalue weighted by Gasteiger charge is -2.33. The van der Waals surface area contributed by atoms with E-state index in [2.05, 4.69) is 4.98 Å². The van der Waals surface area contributed by atoms with Gasteiger partial charge in [0.05, 0.1) is 16.7 Å². The number of sulfonamides is 1. The van der Waals surface area contributed by atoms with Gasteiger partial charge in [-0.15, -0.1) is 0 Å². The predicted octanol–water partition coefficient (Wildman–Crippen LogP) is 3.44. The highest BCUT2D eigenvalue weighted by molar-refractivity contribution is 7.90. The first-order valence-electron chi connectivity index (χ1n) is 11.4. The fourth-order valence-electron chi connectivity index (χ4n) is 4.37. The first-order chi connectivity index (χ1) is 16.3. The zero-order valence-electron chi connectivity index (χ0n) is 18.8. The van der Waals surface area contributed by atoms with Crippen LogP contribution in [0.25, 0.3) is 21.6 Å². The number of pyridine rings is 1. The van der Waals surface area contributed by atoms with Crippen molar-refractivity contribution < 1.29 is 21.6 Å². The fraction of sp³-hybridized carbons (Fsp3) is 0.478. The van der Waals surface area contributed by atoms with Crippen LogP contribution in [0.3, 0.4) is 0 Å². The fourth-order valence-corrected chi connectivity index (χ4v) is 7.62. The second-order valence-electron chi connectivity index (χ2n) is 8.99. The van der Waals surface area contributed by atoms with Crippen LogP contribution >= 0.6 is 11.3 Å². The summed E-state index contributed by atoms with van der Waals surface area (Å²) in [5.74, 6) is 0.314. The molecule has 0 radical (unpaired) electrons. The normalized spacial score (nSPS) is 19.0. The Labute approximate surface area is 205 Å². The number of benzene rings is 1. The van der Waals surface area contributed by atoms with Gasteiger partial charge in [0, 0.05) is 18.7 Å². The Morgan fingerprint density at radius 1 is 1.06 bits per heavy atom. The van der Waals surface area contributed by atoms with E-state index in [0.29, 0.717) is 18.3 Å². The van der Waals surface area contributed by atoms with Gasteiger partial charge in [0.15, 0.2) is 0 Å². The Balaban J connectivity index is 1.23. The number of thiol groups is 1. The quantitative estimate of drug-likeness (QED) is 0.453. The highest BCUT2D eigenvalue weighted by Crippen LogP contribution is 2.35. The molecule has 3 aromatic rings. The van der Waals surface area contributed by atoms with Crippen molar-refractivity contribution >= 4 is 42.4 Å². The van der Waals surface area contributed by atoms with Crippen LogP contribution < -0.4 is 4.74 Å². The average Bonchev–Trinajstić information content (AvgIpc) is 3.60. The standard InChI is InChI=1S/C23H27N3O5S3/c1-15(17-10-12-26(13-11-17)34(29,30)19-6-7-19)31-23-25-21-9-8-20(24-22(21)32-23)18-4-2-16(3-5-18)14-33(27)28/h2-5,8-9,15,17,19,33H,6-7,10-14H2,1H3.